The molecule has 0 aliphatic rings. The fraction of sp³-hybridized carbons (Fsp3) is 0.278. The summed E-state index contributed by atoms with van der Waals surface area (Å²) in [7, 11) is -2.30. The number of hydrogen-bond acceptors (Lipinski definition) is 3. The van der Waals surface area contributed by atoms with Crippen molar-refractivity contribution in [3.63, 3.8) is 0 Å². The molecule has 0 saturated carbocycles. The van der Waals surface area contributed by atoms with Crippen LogP contribution in [0.2, 0.25) is 10.0 Å². The van der Waals surface area contributed by atoms with Crippen LogP contribution in [0.5, 0.6) is 0 Å². The largest absolute Gasteiger partial charge is 0.352 e. The average Bonchev–Trinajstić information content (AvgIpc) is 2.56. The van der Waals surface area contributed by atoms with E-state index in [-0.39, 0.29) is 10.8 Å². The number of sulfonamides is 1. The van der Waals surface area contributed by atoms with Gasteiger partial charge in [0.1, 0.15) is 0 Å². The molecule has 0 unspecified atom stereocenters. The van der Waals surface area contributed by atoms with Gasteiger partial charge in [0.25, 0.3) is 5.91 Å². The van der Waals surface area contributed by atoms with Crippen LogP contribution < -0.4 is 10.0 Å². The zero-order valence-electron chi connectivity index (χ0n) is 14.7. The molecule has 2 aromatic carbocycles. The molecule has 5 nitrogen and oxygen atoms in total. The number of nitrogens with one attached hydrogen (secondary N) is 2. The van der Waals surface area contributed by atoms with E-state index in [0.717, 1.165) is 11.1 Å². The zero-order chi connectivity index (χ0) is 19.5. The van der Waals surface area contributed by atoms with Crippen LogP contribution in [0.25, 0.3) is 0 Å². The van der Waals surface area contributed by atoms with Crippen molar-refractivity contribution in [2.75, 3.05) is 13.6 Å². The van der Waals surface area contributed by atoms with E-state index in [4.69, 9.17) is 23.2 Å². The number of halogens is 2. The first kappa shape index (κ1) is 20.7. The summed E-state index contributed by atoms with van der Waals surface area (Å²) in [5.41, 5.74) is 2.55. The van der Waals surface area contributed by atoms with Crippen molar-refractivity contribution in [2.45, 2.75) is 25.2 Å². The minimum Gasteiger partial charge on any atom is -0.352 e. The molecule has 0 aliphatic carbocycles. The SMILES string of the molecule is CNS(=O)(=O)c1cc(C(=O)NCCc2cc(Cl)cc(Cl)c2)cc(C)c1C. The second-order valence-electron chi connectivity index (χ2n) is 5.91. The Balaban J connectivity index is 2.14. The summed E-state index contributed by atoms with van der Waals surface area (Å²) in [6.07, 6.45) is 0.554. The lowest BCUT2D eigenvalue weighted by Crippen LogP contribution is -2.27. The lowest BCUT2D eigenvalue weighted by molar-refractivity contribution is 0.0954. The Labute approximate surface area is 163 Å². The third kappa shape index (κ3) is 4.98. The van der Waals surface area contributed by atoms with Gasteiger partial charge in [-0.15, -0.1) is 0 Å². The highest BCUT2D eigenvalue weighted by Crippen LogP contribution is 2.21. The zero-order valence-corrected chi connectivity index (χ0v) is 17.0. The Morgan fingerprint density at radius 1 is 1.04 bits per heavy atom. The Morgan fingerprint density at radius 2 is 1.65 bits per heavy atom. The monoisotopic (exact) mass is 414 g/mol. The van der Waals surface area contributed by atoms with Crippen molar-refractivity contribution in [3.05, 3.63) is 62.6 Å². The predicted molar refractivity (Wildman–Crippen MR) is 105 cm³/mol. The van der Waals surface area contributed by atoms with Crippen LogP contribution in [0.15, 0.2) is 35.2 Å². The average molecular weight is 415 g/mol. The summed E-state index contributed by atoms with van der Waals surface area (Å²) < 4.78 is 26.6. The van der Waals surface area contributed by atoms with Crippen molar-refractivity contribution in [1.82, 2.24) is 10.0 Å². The molecule has 0 saturated heterocycles. The highest BCUT2D eigenvalue weighted by Gasteiger charge is 2.19. The van der Waals surface area contributed by atoms with Crippen molar-refractivity contribution in [2.24, 2.45) is 0 Å². The number of carbonyl (C=O) groups is 1. The molecular weight excluding hydrogens is 395 g/mol. The van der Waals surface area contributed by atoms with Crippen LogP contribution in [-0.2, 0) is 16.4 Å². The Kier molecular flexibility index (Phi) is 6.69. The van der Waals surface area contributed by atoms with Crippen LogP contribution in [0.4, 0.5) is 0 Å². The number of carbonyl (C=O) groups excluding carboxylic acids is 1. The fourth-order valence-corrected chi connectivity index (χ4v) is 4.16. The number of benzene rings is 2. The molecule has 0 radical (unpaired) electrons. The summed E-state index contributed by atoms with van der Waals surface area (Å²) in [4.78, 5) is 12.5. The lowest BCUT2D eigenvalue weighted by Gasteiger charge is -2.12. The molecule has 2 N–H and O–H groups in total. The van der Waals surface area contributed by atoms with Crippen LogP contribution in [0, 0.1) is 13.8 Å². The first-order valence-corrected chi connectivity index (χ1v) is 10.2. The van der Waals surface area contributed by atoms with Gasteiger partial charge in [-0.2, -0.15) is 0 Å². The molecule has 2 aromatic rings. The molecule has 0 atom stereocenters. The normalized spacial score (nSPS) is 11.4. The molecule has 0 bridgehead atoms. The maximum atomic E-state index is 12.4. The molecule has 26 heavy (non-hydrogen) atoms. The highest BCUT2D eigenvalue weighted by molar-refractivity contribution is 7.89. The van der Waals surface area contributed by atoms with E-state index in [2.05, 4.69) is 10.0 Å². The molecule has 140 valence electrons. The lowest BCUT2D eigenvalue weighted by atomic mass is 10.1. The van der Waals surface area contributed by atoms with Crippen LogP contribution in [0.1, 0.15) is 27.0 Å². The summed E-state index contributed by atoms with van der Waals surface area (Å²) in [6.45, 7) is 3.86. The second-order valence-corrected chi connectivity index (χ2v) is 8.64. The van der Waals surface area contributed by atoms with Gasteiger partial charge in [0.15, 0.2) is 0 Å². The van der Waals surface area contributed by atoms with Crippen LogP contribution in [-0.4, -0.2) is 27.9 Å². The molecular formula is C18H20Cl2N2O3S. The van der Waals surface area contributed by atoms with Crippen LogP contribution >= 0.6 is 23.2 Å². The molecule has 0 heterocycles. The van der Waals surface area contributed by atoms with E-state index in [1.54, 1.807) is 38.1 Å². The van der Waals surface area contributed by atoms with Gasteiger partial charge in [-0.1, -0.05) is 23.2 Å². The Morgan fingerprint density at radius 3 is 2.23 bits per heavy atom. The van der Waals surface area contributed by atoms with Crippen LogP contribution in [0.3, 0.4) is 0 Å². The first-order chi connectivity index (χ1) is 12.1. The first-order valence-electron chi connectivity index (χ1n) is 7.92. The number of amides is 1. The molecule has 0 fully saturated rings. The van der Waals surface area contributed by atoms with Gasteiger partial charge in [0.2, 0.25) is 10.0 Å². The summed E-state index contributed by atoms with van der Waals surface area (Å²) in [5.74, 6) is -0.339. The highest BCUT2D eigenvalue weighted by atomic mass is 35.5. The summed E-state index contributed by atoms with van der Waals surface area (Å²) >= 11 is 11.9. The predicted octanol–water partition coefficient (Wildman–Crippen LogP) is 3.49. The molecule has 0 spiro atoms. The smallest absolute Gasteiger partial charge is 0.251 e. The standard InChI is InChI=1S/C18H20Cl2N2O3S/c1-11-6-14(9-17(12(11)2)26(24,25)21-3)18(23)22-5-4-13-7-15(19)10-16(20)8-13/h6-10,21H,4-5H2,1-3H3,(H,22,23). The van der Waals surface area contributed by atoms with Crippen molar-refractivity contribution in [3.8, 4) is 0 Å². The molecule has 1 amide bonds. The fourth-order valence-electron chi connectivity index (χ4n) is 2.52. The quantitative estimate of drug-likeness (QED) is 0.759. The van der Waals surface area contributed by atoms with Gasteiger partial charge in [-0.25, -0.2) is 13.1 Å². The topological polar surface area (TPSA) is 75.3 Å². The third-order valence-corrected chi connectivity index (χ3v) is 6.04. The van der Waals surface area contributed by atoms with E-state index in [1.165, 1.54) is 13.1 Å². The summed E-state index contributed by atoms with van der Waals surface area (Å²) in [5, 5.41) is 3.86. The number of aryl methyl sites for hydroxylation is 1. The third-order valence-electron chi connectivity index (χ3n) is 4.06. The van der Waals surface area contributed by atoms with E-state index in [9.17, 15) is 13.2 Å². The van der Waals surface area contributed by atoms with Gasteiger partial charge in [-0.05, 0) is 74.3 Å². The maximum absolute atomic E-state index is 12.4. The van der Waals surface area contributed by atoms with Crippen molar-refractivity contribution >= 4 is 39.1 Å². The minimum atomic E-state index is -3.64. The second kappa shape index (κ2) is 8.39. The van der Waals surface area contributed by atoms with Crippen molar-refractivity contribution < 1.29 is 13.2 Å². The maximum Gasteiger partial charge on any atom is 0.251 e. The summed E-state index contributed by atoms with van der Waals surface area (Å²) in [6, 6.07) is 8.28. The van der Waals surface area contributed by atoms with E-state index in [1.807, 2.05) is 0 Å². The molecule has 0 aromatic heterocycles. The van der Waals surface area contributed by atoms with E-state index >= 15 is 0 Å². The molecule has 0 aliphatic heterocycles. The number of hydrogen-bond donors (Lipinski definition) is 2. The van der Waals surface area contributed by atoms with E-state index in [0.29, 0.717) is 34.1 Å². The minimum absolute atomic E-state index is 0.103. The van der Waals surface area contributed by atoms with Gasteiger partial charge in [0, 0.05) is 22.2 Å². The number of rotatable bonds is 6. The molecule has 8 heteroatoms. The van der Waals surface area contributed by atoms with Crippen molar-refractivity contribution in [1.29, 1.82) is 0 Å². The molecule has 2 rings (SSSR count). The van der Waals surface area contributed by atoms with Gasteiger partial charge < -0.3 is 5.32 Å². The van der Waals surface area contributed by atoms with E-state index < -0.39 is 10.0 Å². The van der Waals surface area contributed by atoms with Gasteiger partial charge in [0.05, 0.1) is 4.90 Å². The van der Waals surface area contributed by atoms with Gasteiger partial charge in [-0.3, -0.25) is 4.79 Å². The van der Waals surface area contributed by atoms with Gasteiger partial charge >= 0.3 is 0 Å². The Bertz CT molecular complexity index is 923. The Hall–Kier alpha value is -1.60.